The molecule has 0 nitrogen and oxygen atoms in total. The van der Waals surface area contributed by atoms with Gasteiger partial charge in [0.05, 0.1) is 0 Å². The first-order valence-electron chi connectivity index (χ1n) is 15.9. The average molecular weight is 894 g/mol. The summed E-state index contributed by atoms with van der Waals surface area (Å²) in [7, 11) is 12.0. The minimum atomic E-state index is -4.57. The van der Waals surface area contributed by atoms with E-state index >= 15 is 0 Å². The first-order valence-corrected chi connectivity index (χ1v) is 26.6. The van der Waals surface area contributed by atoms with Crippen LogP contribution in [0.2, 0.25) is 0 Å². The van der Waals surface area contributed by atoms with Crippen LogP contribution in [-0.2, 0) is 41.8 Å². The van der Waals surface area contributed by atoms with Gasteiger partial charge in [-0.25, -0.2) is 12.1 Å². The maximum atomic E-state index is 12.8. The van der Waals surface area contributed by atoms with Gasteiger partial charge in [-0.1, -0.05) is 76.9 Å². The minimum absolute atomic E-state index is 0.0939. The molecule has 0 heterocycles. The molecule has 0 spiro atoms. The Hall–Kier alpha value is -3.00. The molecule has 0 radical (unpaired) electrons. The summed E-state index contributed by atoms with van der Waals surface area (Å²) < 4.78 is 77.3. The van der Waals surface area contributed by atoms with E-state index in [1.165, 1.54) is 56.9 Å². The fourth-order valence-electron chi connectivity index (χ4n) is 5.34. The van der Waals surface area contributed by atoms with Gasteiger partial charge >= 0.3 is 148 Å². The van der Waals surface area contributed by atoms with Crippen LogP contribution in [0.1, 0.15) is 74.9 Å². The van der Waals surface area contributed by atoms with Crippen LogP contribution in [-0.4, -0.2) is 3.26 Å². The molecule has 9 heteroatoms. The second kappa shape index (κ2) is 15.7. The summed E-state index contributed by atoms with van der Waals surface area (Å²) in [6, 6.07) is 34.7. The Morgan fingerprint density at radius 1 is 0.520 bits per heavy atom. The van der Waals surface area contributed by atoms with E-state index in [1.807, 2.05) is 30.3 Å². The topological polar surface area (TPSA) is 0 Å². The molecule has 0 amide bonds. The summed E-state index contributed by atoms with van der Waals surface area (Å²) in [4.78, 5) is 0. The van der Waals surface area contributed by atoms with E-state index in [0.29, 0.717) is 0 Å². The Bertz CT molecular complexity index is 1920. The van der Waals surface area contributed by atoms with Crippen molar-refractivity contribution in [1.29, 1.82) is 0 Å². The van der Waals surface area contributed by atoms with Crippen molar-refractivity contribution < 1.29 is 44.9 Å². The third kappa shape index (κ3) is 10.3. The maximum Gasteiger partial charge on any atom is -0.172 e. The summed E-state index contributed by atoms with van der Waals surface area (Å²) in [5.74, 6) is 0. The van der Waals surface area contributed by atoms with Crippen molar-refractivity contribution in [2.45, 2.75) is 64.7 Å². The predicted octanol–water partition coefficient (Wildman–Crippen LogP) is 13.9. The van der Waals surface area contributed by atoms with Crippen LogP contribution < -0.4 is 0 Å². The summed E-state index contributed by atoms with van der Waals surface area (Å²) in [6.45, 7) is 13.7. The molecule has 0 unspecified atom stereocenters. The van der Waals surface area contributed by atoms with E-state index < -0.39 is 42.1 Å². The van der Waals surface area contributed by atoms with Crippen molar-refractivity contribution in [3.63, 3.8) is 0 Å². The van der Waals surface area contributed by atoms with E-state index in [1.54, 1.807) is 0 Å². The summed E-state index contributed by atoms with van der Waals surface area (Å²) in [5, 5.41) is 5.49. The van der Waals surface area contributed by atoms with E-state index in [9.17, 15) is 26.3 Å². The molecule has 0 aliphatic carbocycles. The number of halogens is 8. The zero-order valence-electron chi connectivity index (χ0n) is 28.6. The summed E-state index contributed by atoms with van der Waals surface area (Å²) >= 11 is -3.54. The number of fused-ring (bicyclic) bond motifs is 3. The zero-order valence-corrected chi connectivity index (χ0v) is 33.7. The van der Waals surface area contributed by atoms with Crippen LogP contribution in [0.4, 0.5) is 26.3 Å². The number of hydrogen-bond acceptors (Lipinski definition) is 0. The number of hydrogen-bond donors (Lipinski definition) is 0. The Labute approximate surface area is 304 Å². The molecule has 50 heavy (non-hydrogen) atoms. The molecule has 0 aromatic heterocycles. The van der Waals surface area contributed by atoms with Gasteiger partial charge in [0, 0.05) is 0 Å². The predicted molar refractivity (Wildman–Crippen MR) is 194 cm³/mol. The van der Waals surface area contributed by atoms with Crippen molar-refractivity contribution in [3.8, 4) is 0 Å². The first-order chi connectivity index (χ1) is 23.2. The summed E-state index contributed by atoms with van der Waals surface area (Å²) in [6.07, 6.45) is -9.14. The van der Waals surface area contributed by atoms with Gasteiger partial charge in [-0.05, 0) is 10.8 Å². The van der Waals surface area contributed by atoms with Gasteiger partial charge in [-0.3, -0.25) is 0 Å². The number of benzene rings is 4. The SMILES string of the molecule is CC(C)(C)c1ccc2[cH-]c3ccc(C(C)(C)C)cc3c2c1.FC(F)(F)c1cccc([C](c2cccc(C(F)(F)F)c2)=[Hf]([Cl])[Cl])c1.c1cc[cH-]c1. The van der Waals surface area contributed by atoms with Gasteiger partial charge in [0.1, 0.15) is 0 Å². The molecule has 0 saturated carbocycles. The van der Waals surface area contributed by atoms with Crippen molar-refractivity contribution in [2.24, 2.45) is 0 Å². The molecular weight excluding hydrogens is 856 g/mol. The number of alkyl halides is 6. The minimum Gasteiger partial charge on any atom is -0.214 e. The van der Waals surface area contributed by atoms with E-state index in [4.69, 9.17) is 17.2 Å². The van der Waals surface area contributed by atoms with E-state index in [-0.39, 0.29) is 25.2 Å². The van der Waals surface area contributed by atoms with Gasteiger partial charge in [0.2, 0.25) is 0 Å². The van der Waals surface area contributed by atoms with Gasteiger partial charge in [-0.2, -0.15) is 18.2 Å². The van der Waals surface area contributed by atoms with Crippen LogP contribution in [0.5, 0.6) is 0 Å². The molecule has 0 saturated heterocycles. The molecule has 0 N–H and O–H groups in total. The Kier molecular flexibility index (Phi) is 12.5. The second-order valence-corrected chi connectivity index (χ2v) is 25.4. The standard InChI is InChI=1S/C21H25.C15H8F6.C5H5.2ClH.Hf/c1-20(2,3)16-9-7-14-11-15-8-10-17(21(4,5)6)13-19(15)18(14)12-16;16-14(17,18)12-5-1-3-10(8-12)7-11-4-2-6-13(9-11)15(19,20)21;1-2-4-5-3-1;;;/h7-13H,1-6H3;1-6,8-9H;1-5H;2*1H;/q-1;;-1;;;+2/p-2. The van der Waals surface area contributed by atoms with Gasteiger partial charge in [-0.15, -0.1) is 39.7 Å². The fraction of sp³-hybridized carbons (Fsp3) is 0.244. The molecule has 6 rings (SSSR count). The molecule has 264 valence electrons. The van der Waals surface area contributed by atoms with Gasteiger partial charge in [0.15, 0.2) is 0 Å². The smallest absolute Gasteiger partial charge is 0.172 e. The molecule has 0 aliphatic rings. The zero-order chi connectivity index (χ0) is 37.1. The third-order valence-electron chi connectivity index (χ3n) is 8.14. The first kappa shape index (κ1) is 39.8. The van der Waals surface area contributed by atoms with Crippen LogP contribution in [0, 0.1) is 0 Å². The normalized spacial score (nSPS) is 12.2. The van der Waals surface area contributed by atoms with Crippen LogP contribution in [0.3, 0.4) is 0 Å². The van der Waals surface area contributed by atoms with Crippen molar-refractivity contribution >= 4 is 42.0 Å². The van der Waals surface area contributed by atoms with Gasteiger partial charge in [0.25, 0.3) is 0 Å². The molecule has 0 aliphatic heterocycles. The summed E-state index contributed by atoms with van der Waals surface area (Å²) in [5.41, 5.74) is 1.56. The fourth-order valence-corrected chi connectivity index (χ4v) is 11.6. The Morgan fingerprint density at radius 2 is 0.920 bits per heavy atom. The molecule has 6 aromatic carbocycles. The Morgan fingerprint density at radius 3 is 1.22 bits per heavy atom. The van der Waals surface area contributed by atoms with Crippen LogP contribution in [0.25, 0.3) is 21.5 Å². The van der Waals surface area contributed by atoms with Gasteiger partial charge < -0.3 is 0 Å². The van der Waals surface area contributed by atoms with Crippen molar-refractivity contribution in [1.82, 2.24) is 0 Å². The average Bonchev–Trinajstić information content (AvgIpc) is 3.72. The van der Waals surface area contributed by atoms with Crippen molar-refractivity contribution in [3.05, 3.63) is 155 Å². The quantitative estimate of drug-likeness (QED) is 0.0923. The maximum absolute atomic E-state index is 12.8. The van der Waals surface area contributed by atoms with Crippen LogP contribution in [0.15, 0.2) is 121 Å². The largest absolute Gasteiger partial charge is 0.214 e. The second-order valence-electron chi connectivity index (χ2n) is 14.0. The number of rotatable bonds is 2. The monoisotopic (exact) mass is 894 g/mol. The van der Waals surface area contributed by atoms with E-state index in [0.717, 1.165) is 24.3 Å². The molecule has 0 fully saturated rings. The Balaban J connectivity index is 0.000000198. The van der Waals surface area contributed by atoms with E-state index in [2.05, 4.69) is 84.0 Å². The molecular formula is C41H38Cl2F6Hf-2. The molecule has 0 bridgehead atoms. The van der Waals surface area contributed by atoms with Crippen LogP contribution >= 0.6 is 17.2 Å². The third-order valence-corrected chi connectivity index (χ3v) is 14.7. The molecule has 6 aromatic rings. The molecule has 0 atom stereocenters. The van der Waals surface area contributed by atoms with Crippen molar-refractivity contribution in [2.75, 3.05) is 0 Å².